The van der Waals surface area contributed by atoms with Gasteiger partial charge in [0.25, 0.3) is 0 Å². The lowest BCUT2D eigenvalue weighted by atomic mass is 10.0. The topological polar surface area (TPSA) is 69.9 Å². The molecule has 4 nitrogen and oxygen atoms in total. The van der Waals surface area contributed by atoms with Gasteiger partial charge in [-0.15, -0.1) is 0 Å². The first-order chi connectivity index (χ1) is 10.5. The molecule has 0 bridgehead atoms. The van der Waals surface area contributed by atoms with Crippen LogP contribution in [0.1, 0.15) is 18.1 Å². The summed E-state index contributed by atoms with van der Waals surface area (Å²) in [6.45, 7) is -0.134. The van der Waals surface area contributed by atoms with Gasteiger partial charge < -0.3 is 20.1 Å². The normalized spacial score (nSPS) is 13.6. The zero-order valence-corrected chi connectivity index (χ0v) is 14.8. The number of aliphatic hydroxyl groups is 2. The molecule has 0 spiro atoms. The number of benzene rings is 2. The summed E-state index contributed by atoms with van der Waals surface area (Å²) < 4.78 is 6.94. The monoisotopic (exact) mass is 430 g/mol. The molecule has 0 aliphatic rings. The molecule has 2 rings (SSSR count). The van der Waals surface area contributed by atoms with Crippen molar-refractivity contribution in [1.29, 1.82) is 0 Å². The summed E-state index contributed by atoms with van der Waals surface area (Å²) in [6.07, 6.45) is -1.53. The van der Waals surface area contributed by atoms with Gasteiger partial charge in [-0.25, -0.2) is 0 Å². The van der Waals surface area contributed by atoms with Crippen LogP contribution in [0.25, 0.3) is 0 Å². The minimum Gasteiger partial charge on any atom is -0.506 e. The summed E-state index contributed by atoms with van der Waals surface area (Å²) in [5.74, 6) is 0.545. The lowest BCUT2D eigenvalue weighted by Crippen LogP contribution is -2.26. The van der Waals surface area contributed by atoms with Gasteiger partial charge in [-0.2, -0.15) is 0 Å². The standard InChI is InChI=1S/C16H16Br2O4/c17-10-8-12(15(20)13(18)9-10)16(21)14(6-7-19)22-11-4-2-1-3-5-11/h1-5,8-9,14,16,19-21H,6-7H2/t14-,16-/m1/s1. The number of hydrogen-bond acceptors (Lipinski definition) is 4. The van der Waals surface area contributed by atoms with E-state index in [-0.39, 0.29) is 18.8 Å². The number of phenols is 1. The summed E-state index contributed by atoms with van der Waals surface area (Å²) >= 11 is 6.57. The third-order valence-corrected chi connectivity index (χ3v) is 4.24. The van der Waals surface area contributed by atoms with Crippen LogP contribution in [0.15, 0.2) is 51.4 Å². The Morgan fingerprint density at radius 3 is 2.41 bits per heavy atom. The first-order valence-corrected chi connectivity index (χ1v) is 8.30. The molecule has 0 fully saturated rings. The van der Waals surface area contributed by atoms with Crippen LogP contribution in [0.5, 0.6) is 11.5 Å². The minimum absolute atomic E-state index is 0.0460. The Morgan fingerprint density at radius 1 is 1.09 bits per heavy atom. The zero-order chi connectivity index (χ0) is 16.1. The summed E-state index contributed by atoms with van der Waals surface area (Å²) in [6, 6.07) is 12.4. The third kappa shape index (κ3) is 4.23. The number of aliphatic hydroxyl groups excluding tert-OH is 2. The average molecular weight is 432 g/mol. The zero-order valence-electron chi connectivity index (χ0n) is 11.6. The Morgan fingerprint density at radius 2 is 1.77 bits per heavy atom. The van der Waals surface area contributed by atoms with Crippen molar-refractivity contribution in [2.45, 2.75) is 18.6 Å². The van der Waals surface area contributed by atoms with E-state index in [0.717, 1.165) is 0 Å². The highest BCUT2D eigenvalue weighted by Gasteiger charge is 2.26. The van der Waals surface area contributed by atoms with E-state index in [4.69, 9.17) is 4.74 Å². The number of rotatable bonds is 6. The van der Waals surface area contributed by atoms with Crippen LogP contribution in [-0.4, -0.2) is 28.0 Å². The van der Waals surface area contributed by atoms with E-state index < -0.39 is 12.2 Å². The molecule has 0 aromatic heterocycles. The van der Waals surface area contributed by atoms with Crippen LogP contribution in [0.2, 0.25) is 0 Å². The SMILES string of the molecule is OCC[C@@H](Oc1ccccc1)[C@H](O)c1cc(Br)cc(Br)c1O. The van der Waals surface area contributed by atoms with Crippen molar-refractivity contribution in [1.82, 2.24) is 0 Å². The number of aromatic hydroxyl groups is 1. The number of halogens is 2. The highest BCUT2D eigenvalue weighted by molar-refractivity contribution is 9.11. The van der Waals surface area contributed by atoms with E-state index in [0.29, 0.717) is 20.3 Å². The van der Waals surface area contributed by atoms with Gasteiger partial charge in [-0.05, 0) is 40.2 Å². The summed E-state index contributed by atoms with van der Waals surface area (Å²) in [4.78, 5) is 0. The molecule has 0 heterocycles. The van der Waals surface area contributed by atoms with Crippen molar-refractivity contribution in [3.05, 3.63) is 57.0 Å². The molecule has 0 saturated heterocycles. The van der Waals surface area contributed by atoms with E-state index in [1.54, 1.807) is 24.3 Å². The van der Waals surface area contributed by atoms with Crippen LogP contribution in [0, 0.1) is 0 Å². The Balaban J connectivity index is 2.28. The van der Waals surface area contributed by atoms with Gasteiger partial charge >= 0.3 is 0 Å². The van der Waals surface area contributed by atoms with E-state index in [1.165, 1.54) is 0 Å². The molecule has 0 saturated carbocycles. The Labute approximate surface area is 145 Å². The van der Waals surface area contributed by atoms with E-state index in [2.05, 4.69) is 31.9 Å². The molecule has 2 aromatic rings. The molecule has 6 heteroatoms. The fourth-order valence-corrected chi connectivity index (χ4v) is 3.35. The molecule has 0 aliphatic heterocycles. The molecule has 3 N–H and O–H groups in total. The molecule has 0 amide bonds. The summed E-state index contributed by atoms with van der Waals surface area (Å²) in [5.41, 5.74) is 0.329. The number of hydrogen-bond donors (Lipinski definition) is 3. The van der Waals surface area contributed by atoms with Crippen molar-refractivity contribution in [2.75, 3.05) is 6.61 Å². The smallest absolute Gasteiger partial charge is 0.135 e. The Bertz CT molecular complexity index is 619. The van der Waals surface area contributed by atoms with E-state index in [1.807, 2.05) is 18.2 Å². The van der Waals surface area contributed by atoms with E-state index in [9.17, 15) is 15.3 Å². The second kappa shape index (κ2) is 7.97. The molecular weight excluding hydrogens is 416 g/mol. The minimum atomic E-state index is -1.08. The molecule has 0 unspecified atom stereocenters. The van der Waals surface area contributed by atoms with Crippen molar-refractivity contribution >= 4 is 31.9 Å². The number of para-hydroxylation sites is 1. The van der Waals surface area contributed by atoms with Gasteiger partial charge in [0.2, 0.25) is 0 Å². The largest absolute Gasteiger partial charge is 0.506 e. The highest BCUT2D eigenvalue weighted by atomic mass is 79.9. The first kappa shape index (κ1) is 17.3. The average Bonchev–Trinajstić information content (AvgIpc) is 2.51. The van der Waals surface area contributed by atoms with E-state index >= 15 is 0 Å². The third-order valence-electron chi connectivity index (χ3n) is 3.17. The number of ether oxygens (including phenoxy) is 1. The second-order valence-electron chi connectivity index (χ2n) is 4.75. The maximum Gasteiger partial charge on any atom is 0.135 e. The lowest BCUT2D eigenvalue weighted by molar-refractivity contribution is 0.0191. The predicted molar refractivity (Wildman–Crippen MR) is 91.0 cm³/mol. The lowest BCUT2D eigenvalue weighted by Gasteiger charge is -2.25. The quantitative estimate of drug-likeness (QED) is 0.650. The Hall–Kier alpha value is -1.08. The van der Waals surface area contributed by atoms with Gasteiger partial charge in [0.1, 0.15) is 23.7 Å². The van der Waals surface area contributed by atoms with Gasteiger partial charge in [0, 0.05) is 23.1 Å². The van der Waals surface area contributed by atoms with Crippen LogP contribution in [0.3, 0.4) is 0 Å². The molecule has 0 aliphatic carbocycles. The maximum atomic E-state index is 10.6. The van der Waals surface area contributed by atoms with Crippen molar-refractivity contribution in [3.63, 3.8) is 0 Å². The second-order valence-corrected chi connectivity index (χ2v) is 6.52. The highest BCUT2D eigenvalue weighted by Crippen LogP contribution is 2.37. The molecule has 118 valence electrons. The molecule has 22 heavy (non-hydrogen) atoms. The van der Waals surface area contributed by atoms with Crippen LogP contribution in [-0.2, 0) is 0 Å². The van der Waals surface area contributed by atoms with Gasteiger partial charge in [-0.3, -0.25) is 0 Å². The van der Waals surface area contributed by atoms with Gasteiger partial charge in [-0.1, -0.05) is 34.1 Å². The predicted octanol–water partition coefficient (Wildman–Crippen LogP) is 3.78. The van der Waals surface area contributed by atoms with Crippen LogP contribution < -0.4 is 4.74 Å². The molecule has 2 aromatic carbocycles. The fraction of sp³-hybridized carbons (Fsp3) is 0.250. The first-order valence-electron chi connectivity index (χ1n) is 6.71. The van der Waals surface area contributed by atoms with Crippen LogP contribution in [0.4, 0.5) is 0 Å². The van der Waals surface area contributed by atoms with Crippen LogP contribution >= 0.6 is 31.9 Å². The van der Waals surface area contributed by atoms with Crippen molar-refractivity contribution < 1.29 is 20.1 Å². The summed E-state index contributed by atoms with van der Waals surface area (Å²) in [5, 5.41) is 29.9. The molecule has 2 atom stereocenters. The van der Waals surface area contributed by atoms with Gasteiger partial charge in [0.15, 0.2) is 0 Å². The maximum absolute atomic E-state index is 10.6. The fourth-order valence-electron chi connectivity index (χ4n) is 2.09. The summed E-state index contributed by atoms with van der Waals surface area (Å²) in [7, 11) is 0. The molecule has 0 radical (unpaired) electrons. The number of phenolic OH excluding ortho intramolecular Hbond substituents is 1. The van der Waals surface area contributed by atoms with Crippen molar-refractivity contribution in [2.24, 2.45) is 0 Å². The molecular formula is C16H16Br2O4. The van der Waals surface area contributed by atoms with Crippen molar-refractivity contribution in [3.8, 4) is 11.5 Å². The van der Waals surface area contributed by atoms with Gasteiger partial charge in [0.05, 0.1) is 4.47 Å². The Kier molecular flexibility index (Phi) is 6.26.